The van der Waals surface area contributed by atoms with Gasteiger partial charge in [0.05, 0.1) is 16.6 Å². The van der Waals surface area contributed by atoms with Crippen molar-refractivity contribution in [3.05, 3.63) is 48.0 Å². The van der Waals surface area contributed by atoms with Gasteiger partial charge in [0.15, 0.2) is 0 Å². The van der Waals surface area contributed by atoms with E-state index in [2.05, 4.69) is 59.8 Å². The van der Waals surface area contributed by atoms with E-state index in [0.29, 0.717) is 17.5 Å². The second-order valence-corrected chi connectivity index (χ2v) is 9.95. The van der Waals surface area contributed by atoms with Crippen molar-refractivity contribution in [3.63, 3.8) is 0 Å². The van der Waals surface area contributed by atoms with Crippen LogP contribution in [0.5, 0.6) is 0 Å². The normalized spacial score (nSPS) is 20.5. The second kappa shape index (κ2) is 7.91. The van der Waals surface area contributed by atoms with Crippen molar-refractivity contribution in [3.8, 4) is 0 Å². The molecule has 2 N–H and O–H groups in total. The molecule has 164 valence electrons. The maximum Gasteiger partial charge on any atom is 0.335 e. The number of fused-ring (bicyclic) bond motifs is 1. The Morgan fingerprint density at radius 3 is 2.48 bits per heavy atom. The van der Waals surface area contributed by atoms with E-state index in [1.807, 2.05) is 20.2 Å². The minimum absolute atomic E-state index is 0.255. The van der Waals surface area contributed by atoms with Gasteiger partial charge in [-0.15, -0.1) is 0 Å². The molecule has 0 amide bonds. The van der Waals surface area contributed by atoms with Gasteiger partial charge in [-0.05, 0) is 73.1 Å². The standard InChI is InChI=1S/C25H32N4O2/c1-16-12-20(15-25(2,3)14-16)29-22-11-6-17(23(30)31)13-21(22)27-24(29)26-18-7-9-19(10-8-18)28(4)5/h6-11,13,16,20H,12,14-15H2,1-5H3,(H,26,27)(H,30,31). The molecule has 1 heterocycles. The SMILES string of the molecule is CC1CC(n2c(Nc3ccc(N(C)C)cc3)nc3cc(C(=O)O)ccc32)CC(C)(C)C1. The fourth-order valence-corrected chi connectivity index (χ4v) is 5.15. The Bertz CT molecular complexity index is 1100. The van der Waals surface area contributed by atoms with Crippen LogP contribution >= 0.6 is 0 Å². The summed E-state index contributed by atoms with van der Waals surface area (Å²) in [4.78, 5) is 18.4. The molecule has 0 spiro atoms. The molecule has 1 aliphatic carbocycles. The van der Waals surface area contributed by atoms with Gasteiger partial charge in [0, 0.05) is 31.5 Å². The lowest BCUT2D eigenvalue weighted by Gasteiger charge is -2.40. The van der Waals surface area contributed by atoms with Crippen LogP contribution in [-0.2, 0) is 0 Å². The van der Waals surface area contributed by atoms with Crippen LogP contribution in [0.3, 0.4) is 0 Å². The van der Waals surface area contributed by atoms with Gasteiger partial charge in [-0.2, -0.15) is 0 Å². The molecule has 6 heteroatoms. The average Bonchev–Trinajstić information content (AvgIpc) is 3.03. The van der Waals surface area contributed by atoms with E-state index < -0.39 is 5.97 Å². The summed E-state index contributed by atoms with van der Waals surface area (Å²) in [6.45, 7) is 7.00. The third kappa shape index (κ3) is 4.38. The molecule has 3 aromatic rings. The summed E-state index contributed by atoms with van der Waals surface area (Å²) in [7, 11) is 4.04. The quantitative estimate of drug-likeness (QED) is 0.535. The Labute approximate surface area is 183 Å². The first-order valence-corrected chi connectivity index (χ1v) is 10.9. The number of nitrogens with one attached hydrogen (secondary N) is 1. The van der Waals surface area contributed by atoms with E-state index in [0.717, 1.165) is 35.7 Å². The summed E-state index contributed by atoms with van der Waals surface area (Å²) in [5.74, 6) is 0.458. The van der Waals surface area contributed by atoms with Crippen LogP contribution in [0, 0.1) is 11.3 Å². The van der Waals surface area contributed by atoms with E-state index in [9.17, 15) is 9.90 Å². The van der Waals surface area contributed by atoms with Crippen molar-refractivity contribution >= 4 is 34.3 Å². The molecule has 0 aliphatic heterocycles. The molecule has 1 aromatic heterocycles. The highest BCUT2D eigenvalue weighted by atomic mass is 16.4. The zero-order valence-corrected chi connectivity index (χ0v) is 19.0. The molecule has 1 aliphatic rings. The smallest absolute Gasteiger partial charge is 0.335 e. The number of imidazole rings is 1. The monoisotopic (exact) mass is 420 g/mol. The van der Waals surface area contributed by atoms with Gasteiger partial charge < -0.3 is 19.9 Å². The van der Waals surface area contributed by atoms with Crippen molar-refractivity contribution in [1.29, 1.82) is 0 Å². The maximum atomic E-state index is 11.5. The number of nitrogens with zero attached hydrogens (tertiary/aromatic N) is 3. The number of aromatic nitrogens is 2. The minimum atomic E-state index is -0.933. The number of hydrogen-bond acceptors (Lipinski definition) is 4. The fraction of sp³-hybridized carbons (Fsp3) is 0.440. The van der Waals surface area contributed by atoms with Gasteiger partial charge in [-0.25, -0.2) is 9.78 Å². The zero-order chi connectivity index (χ0) is 22.3. The summed E-state index contributed by atoms with van der Waals surface area (Å²) in [6.07, 6.45) is 3.37. The van der Waals surface area contributed by atoms with Gasteiger partial charge in [-0.3, -0.25) is 0 Å². The van der Waals surface area contributed by atoms with Crippen LogP contribution in [-0.4, -0.2) is 34.7 Å². The fourth-order valence-electron chi connectivity index (χ4n) is 5.15. The van der Waals surface area contributed by atoms with Crippen molar-refractivity contribution in [2.75, 3.05) is 24.3 Å². The van der Waals surface area contributed by atoms with Gasteiger partial charge >= 0.3 is 5.97 Å². The number of carboxylic acids is 1. The van der Waals surface area contributed by atoms with Gasteiger partial charge in [0.25, 0.3) is 0 Å². The highest BCUT2D eigenvalue weighted by Crippen LogP contribution is 2.46. The molecule has 2 atom stereocenters. The van der Waals surface area contributed by atoms with Gasteiger partial charge in [-0.1, -0.05) is 20.8 Å². The maximum absolute atomic E-state index is 11.5. The molecule has 0 radical (unpaired) electrons. The minimum Gasteiger partial charge on any atom is -0.478 e. The van der Waals surface area contributed by atoms with Crippen molar-refractivity contribution in [2.45, 2.75) is 46.1 Å². The molecule has 2 aromatic carbocycles. The molecule has 1 fully saturated rings. The topological polar surface area (TPSA) is 70.4 Å². The summed E-state index contributed by atoms with van der Waals surface area (Å²) >= 11 is 0. The van der Waals surface area contributed by atoms with E-state index in [4.69, 9.17) is 4.98 Å². The molecular formula is C25H32N4O2. The van der Waals surface area contributed by atoms with Crippen LogP contribution in [0.4, 0.5) is 17.3 Å². The molecule has 6 nitrogen and oxygen atoms in total. The van der Waals surface area contributed by atoms with E-state index in [-0.39, 0.29) is 11.0 Å². The molecule has 0 bridgehead atoms. The Kier molecular flexibility index (Phi) is 5.42. The summed E-state index contributed by atoms with van der Waals surface area (Å²) < 4.78 is 2.29. The van der Waals surface area contributed by atoms with Gasteiger partial charge in [0.1, 0.15) is 0 Å². The third-order valence-electron chi connectivity index (χ3n) is 6.31. The summed E-state index contributed by atoms with van der Waals surface area (Å²) in [6, 6.07) is 13.8. The lowest BCUT2D eigenvalue weighted by molar-refractivity contribution is 0.0697. The highest BCUT2D eigenvalue weighted by Gasteiger charge is 2.34. The number of benzene rings is 2. The number of rotatable bonds is 5. The van der Waals surface area contributed by atoms with E-state index in [1.165, 1.54) is 6.42 Å². The molecule has 0 saturated heterocycles. The molecule has 1 saturated carbocycles. The first-order chi connectivity index (χ1) is 14.6. The van der Waals surface area contributed by atoms with Crippen LogP contribution in [0.25, 0.3) is 11.0 Å². The number of carbonyl (C=O) groups is 1. The Hall–Kier alpha value is -3.02. The highest BCUT2D eigenvalue weighted by molar-refractivity contribution is 5.93. The number of anilines is 3. The largest absolute Gasteiger partial charge is 0.478 e. The van der Waals surface area contributed by atoms with E-state index in [1.54, 1.807) is 12.1 Å². The Balaban J connectivity index is 1.78. The lowest BCUT2D eigenvalue weighted by Crippen LogP contribution is -2.29. The lowest BCUT2D eigenvalue weighted by atomic mass is 9.70. The second-order valence-electron chi connectivity index (χ2n) is 9.95. The third-order valence-corrected chi connectivity index (χ3v) is 6.31. The van der Waals surface area contributed by atoms with Crippen LogP contribution < -0.4 is 10.2 Å². The Morgan fingerprint density at radius 2 is 1.87 bits per heavy atom. The molecule has 4 rings (SSSR count). The molecule has 31 heavy (non-hydrogen) atoms. The van der Waals surface area contributed by atoms with Crippen LogP contribution in [0.1, 0.15) is 56.4 Å². The summed E-state index contributed by atoms with van der Waals surface area (Å²) in [5, 5.41) is 12.9. The van der Waals surface area contributed by atoms with Crippen molar-refractivity contribution in [2.24, 2.45) is 11.3 Å². The molecular weight excluding hydrogens is 388 g/mol. The van der Waals surface area contributed by atoms with Gasteiger partial charge in [0.2, 0.25) is 5.95 Å². The number of aromatic carboxylic acids is 1. The predicted octanol–water partition coefficient (Wildman–Crippen LogP) is 5.93. The first kappa shape index (κ1) is 21.2. The predicted molar refractivity (Wildman–Crippen MR) is 127 cm³/mol. The van der Waals surface area contributed by atoms with Crippen molar-refractivity contribution in [1.82, 2.24) is 9.55 Å². The van der Waals surface area contributed by atoms with Crippen LogP contribution in [0.2, 0.25) is 0 Å². The average molecular weight is 421 g/mol. The Morgan fingerprint density at radius 1 is 1.16 bits per heavy atom. The van der Waals surface area contributed by atoms with Crippen LogP contribution in [0.15, 0.2) is 42.5 Å². The summed E-state index contributed by atoms with van der Waals surface area (Å²) in [5.41, 5.74) is 4.30. The first-order valence-electron chi connectivity index (χ1n) is 10.9. The van der Waals surface area contributed by atoms with E-state index >= 15 is 0 Å². The zero-order valence-electron chi connectivity index (χ0n) is 19.0. The molecule has 2 unspecified atom stereocenters. The van der Waals surface area contributed by atoms with Crippen molar-refractivity contribution < 1.29 is 9.90 Å². The number of carboxylic acid groups (broad SMARTS) is 1. The number of hydrogen-bond donors (Lipinski definition) is 2.